The standard InChI is InChI=1S/C21H22N2O5S/c1-3-4-15-28-18-9-7-17(8-10-18)20(24)22-13-14-23(21(22)25)29(26,27)19-11-5-16(2)6-12-19/h5-14H,3-4,15H2,1-2H3. The van der Waals surface area contributed by atoms with E-state index in [1.54, 1.807) is 36.4 Å². The summed E-state index contributed by atoms with van der Waals surface area (Å²) in [5.74, 6) is 0.00910. The van der Waals surface area contributed by atoms with Crippen LogP contribution in [-0.4, -0.2) is 29.5 Å². The average Bonchev–Trinajstić information content (AvgIpc) is 3.10. The maximum absolute atomic E-state index is 12.7. The predicted molar refractivity (Wildman–Crippen MR) is 109 cm³/mol. The van der Waals surface area contributed by atoms with Gasteiger partial charge in [0, 0.05) is 18.0 Å². The molecule has 0 aliphatic rings. The third-order valence-corrected chi connectivity index (χ3v) is 6.07. The first-order valence-electron chi connectivity index (χ1n) is 9.24. The second-order valence-corrected chi connectivity index (χ2v) is 8.41. The highest BCUT2D eigenvalue weighted by molar-refractivity contribution is 7.90. The Bertz CT molecular complexity index is 1160. The van der Waals surface area contributed by atoms with Gasteiger partial charge in [-0.1, -0.05) is 31.0 Å². The van der Waals surface area contributed by atoms with Crippen LogP contribution in [0.3, 0.4) is 0 Å². The van der Waals surface area contributed by atoms with Crippen LogP contribution in [0.5, 0.6) is 5.75 Å². The van der Waals surface area contributed by atoms with Crippen LogP contribution in [0.1, 0.15) is 35.7 Å². The molecule has 0 amide bonds. The van der Waals surface area contributed by atoms with Gasteiger partial charge in [0.2, 0.25) is 0 Å². The molecule has 29 heavy (non-hydrogen) atoms. The summed E-state index contributed by atoms with van der Waals surface area (Å²) in [6, 6.07) is 12.5. The molecule has 0 fully saturated rings. The highest BCUT2D eigenvalue weighted by Crippen LogP contribution is 2.15. The topological polar surface area (TPSA) is 87.4 Å². The lowest BCUT2D eigenvalue weighted by Crippen LogP contribution is -2.32. The molecule has 0 aliphatic heterocycles. The Morgan fingerprint density at radius 1 is 1.00 bits per heavy atom. The van der Waals surface area contributed by atoms with Gasteiger partial charge in [0.15, 0.2) is 0 Å². The molecule has 3 aromatic rings. The van der Waals surface area contributed by atoms with Crippen LogP contribution in [-0.2, 0) is 10.0 Å². The van der Waals surface area contributed by atoms with Gasteiger partial charge in [-0.25, -0.2) is 17.8 Å². The molecule has 8 heteroatoms. The van der Waals surface area contributed by atoms with Crippen LogP contribution >= 0.6 is 0 Å². The molecule has 0 saturated heterocycles. The summed E-state index contributed by atoms with van der Waals surface area (Å²) in [7, 11) is -4.09. The summed E-state index contributed by atoms with van der Waals surface area (Å²) in [6.45, 7) is 4.48. The van der Waals surface area contributed by atoms with E-state index in [0.29, 0.717) is 16.3 Å². The first-order chi connectivity index (χ1) is 13.8. The molecule has 0 unspecified atom stereocenters. The minimum atomic E-state index is -4.09. The van der Waals surface area contributed by atoms with E-state index in [4.69, 9.17) is 4.74 Å². The van der Waals surface area contributed by atoms with Gasteiger partial charge in [0.05, 0.1) is 11.5 Å². The van der Waals surface area contributed by atoms with Gasteiger partial charge < -0.3 is 4.74 Å². The van der Waals surface area contributed by atoms with E-state index >= 15 is 0 Å². The molecule has 0 aliphatic carbocycles. The monoisotopic (exact) mass is 414 g/mol. The summed E-state index contributed by atoms with van der Waals surface area (Å²) in [6.07, 6.45) is 4.18. The third-order valence-electron chi connectivity index (χ3n) is 4.41. The first kappa shape index (κ1) is 20.6. The van der Waals surface area contributed by atoms with Crippen LogP contribution < -0.4 is 10.4 Å². The minimum absolute atomic E-state index is 0.0241. The minimum Gasteiger partial charge on any atom is -0.494 e. The summed E-state index contributed by atoms with van der Waals surface area (Å²) in [5, 5.41) is 0. The quantitative estimate of drug-likeness (QED) is 0.555. The predicted octanol–water partition coefficient (Wildman–Crippen LogP) is 3.06. The zero-order chi connectivity index (χ0) is 21.0. The Morgan fingerprint density at radius 2 is 1.66 bits per heavy atom. The first-order valence-corrected chi connectivity index (χ1v) is 10.7. The smallest absolute Gasteiger partial charge is 0.349 e. The fourth-order valence-electron chi connectivity index (χ4n) is 2.69. The number of hydrogen-bond acceptors (Lipinski definition) is 5. The number of unbranched alkanes of at least 4 members (excludes halogenated alkanes) is 1. The maximum Gasteiger partial charge on any atom is 0.349 e. The molecule has 0 radical (unpaired) electrons. The van der Waals surface area contributed by atoms with E-state index in [9.17, 15) is 18.0 Å². The van der Waals surface area contributed by atoms with Gasteiger partial charge in [0.1, 0.15) is 5.75 Å². The van der Waals surface area contributed by atoms with Gasteiger partial charge >= 0.3 is 5.69 Å². The average molecular weight is 414 g/mol. The number of rotatable bonds is 7. The third kappa shape index (κ3) is 4.32. The van der Waals surface area contributed by atoms with Crippen molar-refractivity contribution in [1.82, 2.24) is 8.54 Å². The van der Waals surface area contributed by atoms with Crippen molar-refractivity contribution in [3.05, 3.63) is 82.5 Å². The van der Waals surface area contributed by atoms with Crippen molar-refractivity contribution in [2.75, 3.05) is 6.61 Å². The second-order valence-electron chi connectivity index (χ2n) is 6.60. The molecule has 0 N–H and O–H groups in total. The number of imidazole rings is 1. The summed E-state index contributed by atoms with van der Waals surface area (Å²) >= 11 is 0. The van der Waals surface area contributed by atoms with Gasteiger partial charge in [-0.05, 0) is 49.7 Å². The Labute approximate surface area is 169 Å². The zero-order valence-corrected chi connectivity index (χ0v) is 17.1. The molecule has 2 aromatic carbocycles. The molecule has 1 heterocycles. The van der Waals surface area contributed by atoms with Gasteiger partial charge in [0.25, 0.3) is 15.9 Å². The lowest BCUT2D eigenvalue weighted by atomic mass is 10.2. The van der Waals surface area contributed by atoms with E-state index in [0.717, 1.165) is 35.4 Å². The molecule has 1 aromatic heterocycles. The van der Waals surface area contributed by atoms with Crippen molar-refractivity contribution < 1.29 is 17.9 Å². The van der Waals surface area contributed by atoms with E-state index in [2.05, 4.69) is 6.92 Å². The fraction of sp³-hybridized carbons (Fsp3) is 0.238. The normalized spacial score (nSPS) is 11.4. The number of ether oxygens (including phenoxy) is 1. The lowest BCUT2D eigenvalue weighted by Gasteiger charge is -2.07. The summed E-state index contributed by atoms with van der Waals surface area (Å²) in [4.78, 5) is 25.3. The van der Waals surface area contributed by atoms with Gasteiger partial charge in [-0.15, -0.1) is 0 Å². The van der Waals surface area contributed by atoms with Crippen molar-refractivity contribution in [3.8, 4) is 5.75 Å². The molecule has 0 saturated carbocycles. The number of carbonyl (C=O) groups is 1. The van der Waals surface area contributed by atoms with Crippen molar-refractivity contribution >= 4 is 15.9 Å². The van der Waals surface area contributed by atoms with Crippen molar-refractivity contribution in [2.24, 2.45) is 0 Å². The fourth-order valence-corrected chi connectivity index (χ4v) is 3.90. The van der Waals surface area contributed by atoms with E-state index in [1.165, 1.54) is 12.1 Å². The Morgan fingerprint density at radius 3 is 2.28 bits per heavy atom. The van der Waals surface area contributed by atoms with E-state index in [1.807, 2.05) is 6.92 Å². The van der Waals surface area contributed by atoms with E-state index < -0.39 is 21.6 Å². The van der Waals surface area contributed by atoms with Crippen molar-refractivity contribution in [3.63, 3.8) is 0 Å². The molecule has 0 bridgehead atoms. The molecular weight excluding hydrogens is 392 g/mol. The summed E-state index contributed by atoms with van der Waals surface area (Å²) in [5.41, 5.74) is 0.199. The molecule has 0 atom stereocenters. The van der Waals surface area contributed by atoms with Gasteiger partial charge in [-0.3, -0.25) is 4.79 Å². The van der Waals surface area contributed by atoms with E-state index in [-0.39, 0.29) is 10.5 Å². The Balaban J connectivity index is 1.86. The van der Waals surface area contributed by atoms with Gasteiger partial charge in [-0.2, -0.15) is 3.97 Å². The second kappa shape index (κ2) is 8.48. The maximum atomic E-state index is 12.7. The Kier molecular flexibility index (Phi) is 6.03. The number of benzene rings is 2. The van der Waals surface area contributed by atoms with Crippen LogP contribution in [0, 0.1) is 6.92 Å². The van der Waals surface area contributed by atoms with Crippen LogP contribution in [0.2, 0.25) is 0 Å². The number of hydrogen-bond donors (Lipinski definition) is 0. The molecule has 0 spiro atoms. The Hall–Kier alpha value is -3.13. The van der Waals surface area contributed by atoms with Crippen LogP contribution in [0.25, 0.3) is 0 Å². The molecule has 152 valence electrons. The molecule has 3 rings (SSSR count). The van der Waals surface area contributed by atoms with Crippen molar-refractivity contribution in [1.29, 1.82) is 0 Å². The van der Waals surface area contributed by atoms with Crippen molar-refractivity contribution in [2.45, 2.75) is 31.6 Å². The number of aryl methyl sites for hydroxylation is 1. The van der Waals surface area contributed by atoms with Crippen LogP contribution in [0.4, 0.5) is 0 Å². The number of nitrogens with zero attached hydrogens (tertiary/aromatic N) is 2. The van der Waals surface area contributed by atoms with Crippen LogP contribution in [0.15, 0.2) is 70.6 Å². The molecular formula is C21H22N2O5S. The SMILES string of the molecule is CCCCOc1ccc(C(=O)n2ccn(S(=O)(=O)c3ccc(C)cc3)c2=O)cc1. The highest BCUT2D eigenvalue weighted by Gasteiger charge is 2.22. The largest absolute Gasteiger partial charge is 0.494 e. The molecule has 7 nitrogen and oxygen atoms in total. The summed E-state index contributed by atoms with van der Waals surface area (Å²) < 4.78 is 32.4. The number of carbonyl (C=O) groups excluding carboxylic acids is 1. The lowest BCUT2D eigenvalue weighted by molar-refractivity contribution is 0.0956. The number of aromatic nitrogens is 2. The zero-order valence-electron chi connectivity index (χ0n) is 16.2. The highest BCUT2D eigenvalue weighted by atomic mass is 32.2.